The lowest BCUT2D eigenvalue weighted by Gasteiger charge is -2.24. The monoisotopic (exact) mass is 251 g/mol. The molecule has 0 atom stereocenters. The van der Waals surface area contributed by atoms with E-state index >= 15 is 0 Å². The van der Waals surface area contributed by atoms with Crippen molar-refractivity contribution in [1.29, 1.82) is 0 Å². The number of carbonyl (C=O) groups is 1. The van der Waals surface area contributed by atoms with Gasteiger partial charge in [-0.1, -0.05) is 0 Å². The first-order valence-electron chi connectivity index (χ1n) is 5.86. The lowest BCUT2D eigenvalue weighted by Crippen LogP contribution is -2.45. The van der Waals surface area contributed by atoms with Crippen molar-refractivity contribution in [2.24, 2.45) is 5.73 Å². The maximum absolute atomic E-state index is 11.3. The fourth-order valence-corrected chi connectivity index (χ4v) is 1.39. The smallest absolute Gasteiger partial charge is 0.242 e. The van der Waals surface area contributed by atoms with Gasteiger partial charge in [0.2, 0.25) is 5.91 Å². The van der Waals surface area contributed by atoms with Gasteiger partial charge in [0.25, 0.3) is 0 Å². The topological polar surface area (TPSA) is 90.4 Å². The quantitative estimate of drug-likeness (QED) is 0.695. The molecular weight excluding hydrogens is 230 g/mol. The fraction of sp³-hybridized carbons (Fsp3) is 0.462. The molecule has 0 bridgehead atoms. The summed E-state index contributed by atoms with van der Waals surface area (Å²) in [4.78, 5) is 11.3. The largest absolute Gasteiger partial charge is 0.489 e. The Labute approximate surface area is 107 Å². The van der Waals surface area contributed by atoms with Gasteiger partial charge < -0.3 is 21.5 Å². The molecule has 1 amide bonds. The van der Waals surface area contributed by atoms with Crippen LogP contribution in [0.3, 0.4) is 0 Å². The number of nitrogens with one attached hydrogen (secondary N) is 1. The predicted molar refractivity (Wildman–Crippen MR) is 73.5 cm³/mol. The van der Waals surface area contributed by atoms with E-state index < -0.39 is 11.4 Å². The molecule has 0 aliphatic rings. The van der Waals surface area contributed by atoms with Crippen LogP contribution in [0, 0.1) is 0 Å². The summed E-state index contributed by atoms with van der Waals surface area (Å²) < 4.78 is 5.58. The molecule has 5 heteroatoms. The minimum Gasteiger partial charge on any atom is -0.489 e. The van der Waals surface area contributed by atoms with E-state index in [2.05, 4.69) is 5.32 Å². The summed E-state index contributed by atoms with van der Waals surface area (Å²) in [5.74, 6) is 0.168. The Hall–Kier alpha value is -1.91. The Kier molecular flexibility index (Phi) is 4.06. The molecule has 100 valence electrons. The van der Waals surface area contributed by atoms with Crippen LogP contribution in [0.25, 0.3) is 0 Å². The molecule has 1 aromatic rings. The van der Waals surface area contributed by atoms with Crippen LogP contribution in [0.5, 0.6) is 5.75 Å². The van der Waals surface area contributed by atoms with Gasteiger partial charge in [0.1, 0.15) is 11.3 Å². The number of hydrogen-bond acceptors (Lipinski definition) is 4. The standard InChI is InChI=1S/C13H21N3O2/c1-8(2)18-11-7-9(5-6-10(11)14)16-13(3,4)12(15)17/h5-8,16H,14H2,1-4H3,(H2,15,17). The molecule has 0 spiro atoms. The molecule has 0 saturated carbocycles. The second-order valence-corrected chi connectivity index (χ2v) is 5.03. The van der Waals surface area contributed by atoms with Gasteiger partial charge in [-0.15, -0.1) is 0 Å². The molecule has 1 aromatic carbocycles. The SMILES string of the molecule is CC(C)Oc1cc(NC(C)(C)C(N)=O)ccc1N. The van der Waals surface area contributed by atoms with Crippen LogP contribution in [0.1, 0.15) is 27.7 Å². The average Bonchev–Trinajstić information content (AvgIpc) is 2.21. The molecule has 5 nitrogen and oxygen atoms in total. The second kappa shape index (κ2) is 5.16. The highest BCUT2D eigenvalue weighted by Gasteiger charge is 2.24. The zero-order valence-corrected chi connectivity index (χ0v) is 11.3. The summed E-state index contributed by atoms with van der Waals surface area (Å²) in [5, 5.41) is 3.05. The number of amides is 1. The highest BCUT2D eigenvalue weighted by atomic mass is 16.5. The van der Waals surface area contributed by atoms with Crippen LogP contribution in [-0.4, -0.2) is 17.6 Å². The van der Waals surface area contributed by atoms with Crippen LogP contribution in [-0.2, 0) is 4.79 Å². The third kappa shape index (κ3) is 3.55. The van der Waals surface area contributed by atoms with Crippen molar-refractivity contribution in [2.75, 3.05) is 11.1 Å². The molecule has 0 aliphatic heterocycles. The van der Waals surface area contributed by atoms with E-state index in [0.29, 0.717) is 11.4 Å². The van der Waals surface area contributed by atoms with Crippen LogP contribution < -0.4 is 21.5 Å². The number of carbonyl (C=O) groups excluding carboxylic acids is 1. The van der Waals surface area contributed by atoms with E-state index in [9.17, 15) is 4.79 Å². The number of nitrogens with two attached hydrogens (primary N) is 2. The number of anilines is 2. The summed E-state index contributed by atoms with van der Waals surface area (Å²) in [6.07, 6.45) is 0.0340. The first-order chi connectivity index (χ1) is 8.22. The highest BCUT2D eigenvalue weighted by molar-refractivity contribution is 5.87. The van der Waals surface area contributed by atoms with Crippen molar-refractivity contribution >= 4 is 17.3 Å². The van der Waals surface area contributed by atoms with Gasteiger partial charge in [-0.05, 0) is 39.8 Å². The predicted octanol–water partition coefficient (Wildman–Crippen LogP) is 1.73. The van der Waals surface area contributed by atoms with Gasteiger partial charge in [-0.2, -0.15) is 0 Å². The number of primary amides is 1. The van der Waals surface area contributed by atoms with Gasteiger partial charge in [0.05, 0.1) is 11.8 Å². The molecule has 0 heterocycles. The van der Waals surface area contributed by atoms with Crippen molar-refractivity contribution in [3.8, 4) is 5.75 Å². The number of ether oxygens (including phenoxy) is 1. The average molecular weight is 251 g/mol. The van der Waals surface area contributed by atoms with Crippen LogP contribution in [0.4, 0.5) is 11.4 Å². The van der Waals surface area contributed by atoms with E-state index in [-0.39, 0.29) is 6.10 Å². The first-order valence-corrected chi connectivity index (χ1v) is 5.86. The van der Waals surface area contributed by atoms with Crippen LogP contribution in [0.15, 0.2) is 18.2 Å². The maximum Gasteiger partial charge on any atom is 0.242 e. The summed E-state index contributed by atoms with van der Waals surface area (Å²) in [6.45, 7) is 7.28. The van der Waals surface area contributed by atoms with Crippen LogP contribution >= 0.6 is 0 Å². The molecule has 18 heavy (non-hydrogen) atoms. The summed E-state index contributed by atoms with van der Waals surface area (Å²) >= 11 is 0. The molecule has 0 aromatic heterocycles. The third-order valence-electron chi connectivity index (χ3n) is 2.45. The lowest BCUT2D eigenvalue weighted by atomic mass is 10.0. The number of hydrogen-bond donors (Lipinski definition) is 3. The van der Waals surface area contributed by atoms with Gasteiger partial charge in [-0.25, -0.2) is 0 Å². The van der Waals surface area contributed by atoms with Gasteiger partial charge in [0, 0.05) is 11.8 Å². The van der Waals surface area contributed by atoms with Gasteiger partial charge >= 0.3 is 0 Å². The van der Waals surface area contributed by atoms with E-state index in [0.717, 1.165) is 5.69 Å². The maximum atomic E-state index is 11.3. The molecule has 0 saturated heterocycles. The van der Waals surface area contributed by atoms with Crippen molar-refractivity contribution in [3.63, 3.8) is 0 Å². The van der Waals surface area contributed by atoms with E-state index in [1.807, 2.05) is 13.8 Å². The summed E-state index contributed by atoms with van der Waals surface area (Å²) in [6, 6.07) is 5.28. The normalized spacial score (nSPS) is 11.4. The Morgan fingerprint density at radius 1 is 1.39 bits per heavy atom. The highest BCUT2D eigenvalue weighted by Crippen LogP contribution is 2.28. The molecule has 1 rings (SSSR count). The van der Waals surface area contributed by atoms with Gasteiger partial charge in [0.15, 0.2) is 0 Å². The molecule has 0 fully saturated rings. The zero-order chi connectivity index (χ0) is 13.9. The third-order valence-corrected chi connectivity index (χ3v) is 2.45. The summed E-state index contributed by atoms with van der Waals surface area (Å²) in [5.41, 5.74) is 11.6. The Morgan fingerprint density at radius 3 is 2.50 bits per heavy atom. The Bertz CT molecular complexity index is 442. The minimum atomic E-state index is -0.828. The number of benzene rings is 1. The summed E-state index contributed by atoms with van der Waals surface area (Å²) in [7, 11) is 0. The Morgan fingerprint density at radius 2 is 2.00 bits per heavy atom. The second-order valence-electron chi connectivity index (χ2n) is 5.03. The minimum absolute atomic E-state index is 0.0340. The number of nitrogen functional groups attached to an aromatic ring is 1. The van der Waals surface area contributed by atoms with E-state index in [4.69, 9.17) is 16.2 Å². The molecule has 0 unspecified atom stereocenters. The van der Waals surface area contributed by atoms with E-state index in [1.54, 1.807) is 32.0 Å². The van der Waals surface area contributed by atoms with Crippen molar-refractivity contribution in [2.45, 2.75) is 39.3 Å². The molecule has 0 aliphatic carbocycles. The first kappa shape index (κ1) is 14.2. The van der Waals surface area contributed by atoms with Crippen LogP contribution in [0.2, 0.25) is 0 Å². The van der Waals surface area contributed by atoms with Crippen molar-refractivity contribution < 1.29 is 9.53 Å². The number of rotatable bonds is 5. The Balaban J connectivity index is 2.95. The van der Waals surface area contributed by atoms with Gasteiger partial charge in [-0.3, -0.25) is 4.79 Å². The molecular formula is C13H21N3O2. The molecule has 5 N–H and O–H groups in total. The lowest BCUT2D eigenvalue weighted by molar-refractivity contribution is -0.121. The van der Waals surface area contributed by atoms with Crippen molar-refractivity contribution in [1.82, 2.24) is 0 Å². The van der Waals surface area contributed by atoms with Crippen molar-refractivity contribution in [3.05, 3.63) is 18.2 Å². The zero-order valence-electron chi connectivity index (χ0n) is 11.3. The molecule has 0 radical (unpaired) electrons. The fourth-order valence-electron chi connectivity index (χ4n) is 1.39. The van der Waals surface area contributed by atoms with E-state index in [1.165, 1.54) is 0 Å².